The molecule has 8 nitrogen and oxygen atoms in total. The Kier molecular flexibility index (Phi) is 8.57. The van der Waals surface area contributed by atoms with Gasteiger partial charge >= 0.3 is 6.09 Å². The lowest BCUT2D eigenvalue weighted by molar-refractivity contribution is 0.0254. The molecule has 0 saturated heterocycles. The van der Waals surface area contributed by atoms with Crippen molar-refractivity contribution in [2.45, 2.75) is 45.9 Å². The van der Waals surface area contributed by atoms with Crippen molar-refractivity contribution >= 4 is 46.9 Å². The molecule has 0 spiro atoms. The number of aromatic nitrogens is 3. The number of carbonyl (C=O) groups excluding carboxylic acids is 2. The Hall–Kier alpha value is -4.21. The zero-order chi connectivity index (χ0) is 30.9. The number of ether oxygens (including phenoxy) is 1. The van der Waals surface area contributed by atoms with E-state index in [1.807, 2.05) is 25.1 Å². The first-order valence-electron chi connectivity index (χ1n) is 13.6. The highest BCUT2D eigenvalue weighted by molar-refractivity contribution is 6.35. The number of carbonyl (C=O) groups is 2. The summed E-state index contributed by atoms with van der Waals surface area (Å²) in [7, 11) is 0. The summed E-state index contributed by atoms with van der Waals surface area (Å²) < 4.78 is 21.0. The normalized spacial score (nSPS) is 14.8. The van der Waals surface area contributed by atoms with Gasteiger partial charge in [-0.25, -0.2) is 13.9 Å². The van der Waals surface area contributed by atoms with Gasteiger partial charge in [0.1, 0.15) is 11.4 Å². The number of hydrogen-bond acceptors (Lipinski definition) is 5. The van der Waals surface area contributed by atoms with Crippen LogP contribution >= 0.6 is 23.2 Å². The van der Waals surface area contributed by atoms with Crippen LogP contribution in [0.15, 0.2) is 66.9 Å². The van der Waals surface area contributed by atoms with Crippen molar-refractivity contribution in [1.29, 1.82) is 0 Å². The Bertz CT molecular complexity index is 1700. The second-order valence-electron chi connectivity index (χ2n) is 11.2. The van der Waals surface area contributed by atoms with E-state index in [2.05, 4.69) is 10.3 Å². The molecule has 0 unspecified atom stereocenters. The fraction of sp³-hybridized carbons (Fsp3) is 0.250. The maximum Gasteiger partial charge on any atom is 0.410 e. The van der Waals surface area contributed by atoms with Crippen molar-refractivity contribution in [3.8, 4) is 5.69 Å². The van der Waals surface area contributed by atoms with E-state index in [9.17, 15) is 14.0 Å². The Labute approximate surface area is 259 Å². The van der Waals surface area contributed by atoms with Gasteiger partial charge in [-0.2, -0.15) is 5.10 Å². The fourth-order valence-electron chi connectivity index (χ4n) is 4.77. The third kappa shape index (κ3) is 6.89. The molecule has 0 radical (unpaired) electrons. The number of rotatable bonds is 5. The van der Waals surface area contributed by atoms with Crippen LogP contribution in [0.5, 0.6) is 0 Å². The summed E-state index contributed by atoms with van der Waals surface area (Å²) >= 11 is 12.8. The molecular formula is C32H30Cl2FN5O3. The molecule has 2 amide bonds. The highest BCUT2D eigenvalue weighted by Crippen LogP contribution is 2.36. The minimum Gasteiger partial charge on any atom is -0.444 e. The number of benzene rings is 2. The maximum absolute atomic E-state index is 13.8. The van der Waals surface area contributed by atoms with Gasteiger partial charge in [-0.1, -0.05) is 41.4 Å². The number of amides is 2. The summed E-state index contributed by atoms with van der Waals surface area (Å²) in [4.78, 5) is 33.0. The van der Waals surface area contributed by atoms with Gasteiger partial charge in [0.15, 0.2) is 5.69 Å². The Morgan fingerprint density at radius 3 is 2.47 bits per heavy atom. The topological polar surface area (TPSA) is 89.4 Å². The van der Waals surface area contributed by atoms with E-state index in [0.29, 0.717) is 43.8 Å². The second-order valence-corrected chi connectivity index (χ2v) is 12.0. The van der Waals surface area contributed by atoms with Crippen molar-refractivity contribution in [1.82, 2.24) is 25.0 Å². The van der Waals surface area contributed by atoms with E-state index in [-0.39, 0.29) is 24.6 Å². The zero-order valence-corrected chi connectivity index (χ0v) is 25.6. The first-order chi connectivity index (χ1) is 20.4. The molecular weight excluding hydrogens is 592 g/mol. The smallest absolute Gasteiger partial charge is 0.410 e. The van der Waals surface area contributed by atoms with Crippen molar-refractivity contribution in [3.63, 3.8) is 0 Å². The van der Waals surface area contributed by atoms with Crippen molar-refractivity contribution in [2.75, 3.05) is 6.54 Å². The van der Waals surface area contributed by atoms with E-state index in [1.54, 1.807) is 68.0 Å². The van der Waals surface area contributed by atoms with E-state index in [0.717, 1.165) is 0 Å². The molecule has 0 aliphatic carbocycles. The molecule has 0 bridgehead atoms. The van der Waals surface area contributed by atoms with E-state index >= 15 is 0 Å². The van der Waals surface area contributed by atoms with Gasteiger partial charge < -0.3 is 10.1 Å². The van der Waals surface area contributed by atoms with Gasteiger partial charge in [-0.3, -0.25) is 14.7 Å². The summed E-state index contributed by atoms with van der Waals surface area (Å²) in [5, 5.41) is 8.49. The largest absolute Gasteiger partial charge is 0.444 e. The van der Waals surface area contributed by atoms with Crippen molar-refractivity contribution in [2.24, 2.45) is 0 Å². The molecule has 2 aromatic carbocycles. The quantitative estimate of drug-likeness (QED) is 0.249. The maximum atomic E-state index is 13.8. The number of nitrogens with zero attached hydrogens (tertiary/aromatic N) is 4. The molecule has 1 atom stereocenters. The fourth-order valence-corrected chi connectivity index (χ4v) is 5.26. The summed E-state index contributed by atoms with van der Waals surface area (Å²) in [5.74, 6) is -0.828. The van der Waals surface area contributed by atoms with Crippen molar-refractivity contribution < 1.29 is 18.7 Å². The van der Waals surface area contributed by atoms with Crippen LogP contribution in [0.4, 0.5) is 9.18 Å². The lowest BCUT2D eigenvalue weighted by Gasteiger charge is -2.32. The second kappa shape index (κ2) is 12.2. The van der Waals surface area contributed by atoms with Crippen LogP contribution in [0.25, 0.3) is 17.3 Å². The molecule has 1 N–H and O–H groups in total. The predicted octanol–water partition coefficient (Wildman–Crippen LogP) is 7.50. The highest BCUT2D eigenvalue weighted by Gasteiger charge is 2.36. The van der Waals surface area contributed by atoms with Crippen LogP contribution in [-0.2, 0) is 11.3 Å². The standard InChI is InChI=1S/C32H30Cl2FN5O3/c1-19(26-7-5-6-14-36-26)37-30(41)28-24-18-39(31(42)43-32(2,3)4)17-21(15-20-8-11-23(35)12-9-20)29(24)40(38-28)27-13-10-22(33)16-25(27)34/h5-16,19H,17-18H2,1-4H3,(H,37,41)/b21-15+/t19-/m1/s1. The van der Waals surface area contributed by atoms with Gasteiger partial charge in [-0.05, 0) is 87.4 Å². The minimum atomic E-state index is -0.739. The first-order valence-corrected chi connectivity index (χ1v) is 14.4. The molecule has 1 aliphatic rings. The monoisotopic (exact) mass is 621 g/mol. The molecule has 0 saturated carbocycles. The Balaban J connectivity index is 1.68. The molecule has 4 aromatic rings. The first kappa shape index (κ1) is 30.3. The minimum absolute atomic E-state index is 0.0525. The number of hydrogen-bond donors (Lipinski definition) is 1. The summed E-state index contributed by atoms with van der Waals surface area (Å²) in [6.07, 6.45) is 2.94. The van der Waals surface area contributed by atoms with E-state index < -0.39 is 23.6 Å². The Morgan fingerprint density at radius 1 is 1.07 bits per heavy atom. The summed E-state index contributed by atoms with van der Waals surface area (Å²) in [5.41, 5.74) is 2.98. The molecule has 5 rings (SSSR count). The zero-order valence-electron chi connectivity index (χ0n) is 24.1. The average Bonchev–Trinajstić information content (AvgIpc) is 3.33. The number of nitrogens with one attached hydrogen (secondary N) is 1. The lowest BCUT2D eigenvalue weighted by atomic mass is 9.97. The van der Waals surface area contributed by atoms with Crippen molar-refractivity contribution in [3.05, 3.63) is 111 Å². The van der Waals surface area contributed by atoms with Gasteiger partial charge in [0, 0.05) is 16.8 Å². The van der Waals surface area contributed by atoms with Crippen LogP contribution in [0, 0.1) is 5.82 Å². The highest BCUT2D eigenvalue weighted by atomic mass is 35.5. The van der Waals surface area contributed by atoms with E-state index in [1.165, 1.54) is 17.0 Å². The SMILES string of the molecule is C[C@@H](NC(=O)c1nn(-c2ccc(Cl)cc2Cl)c2c1CN(C(=O)OC(C)(C)C)C/C2=C\c1ccc(F)cc1)c1ccccn1. The lowest BCUT2D eigenvalue weighted by Crippen LogP contribution is -2.40. The molecule has 2 aromatic heterocycles. The van der Waals surface area contributed by atoms with Gasteiger partial charge in [0.05, 0.1) is 41.2 Å². The van der Waals surface area contributed by atoms with Crippen LogP contribution in [0.2, 0.25) is 10.0 Å². The van der Waals surface area contributed by atoms with E-state index in [4.69, 9.17) is 33.0 Å². The number of pyridine rings is 1. The molecule has 0 fully saturated rings. The van der Waals surface area contributed by atoms with Crippen LogP contribution in [-0.4, -0.2) is 43.8 Å². The van der Waals surface area contributed by atoms with Gasteiger partial charge in [-0.15, -0.1) is 0 Å². The molecule has 3 heterocycles. The number of halogens is 3. The van der Waals surface area contributed by atoms with Crippen LogP contribution in [0.1, 0.15) is 66.7 Å². The van der Waals surface area contributed by atoms with Gasteiger partial charge in [0.2, 0.25) is 0 Å². The average molecular weight is 623 g/mol. The van der Waals surface area contributed by atoms with Gasteiger partial charge in [0.25, 0.3) is 5.91 Å². The molecule has 1 aliphatic heterocycles. The van der Waals surface area contributed by atoms with Crippen LogP contribution in [0.3, 0.4) is 0 Å². The predicted molar refractivity (Wildman–Crippen MR) is 165 cm³/mol. The molecule has 43 heavy (non-hydrogen) atoms. The summed E-state index contributed by atoms with van der Waals surface area (Å²) in [6, 6.07) is 16.0. The number of fused-ring (bicyclic) bond motifs is 1. The third-order valence-corrected chi connectivity index (χ3v) is 7.23. The molecule has 222 valence electrons. The summed E-state index contributed by atoms with van der Waals surface area (Å²) in [6.45, 7) is 7.38. The Morgan fingerprint density at radius 2 is 1.81 bits per heavy atom. The molecule has 11 heteroatoms. The third-order valence-electron chi connectivity index (χ3n) is 6.69. The van der Waals surface area contributed by atoms with Crippen LogP contribution < -0.4 is 5.32 Å².